The molecule has 128 valence electrons. The van der Waals surface area contributed by atoms with Crippen molar-refractivity contribution in [1.82, 2.24) is 25.3 Å². The first-order chi connectivity index (χ1) is 11.1. The maximum atomic E-state index is 12.5. The minimum atomic E-state index is -0.0306. The van der Waals surface area contributed by atoms with Crippen LogP contribution in [-0.4, -0.2) is 59.9 Å². The molecule has 2 heterocycles. The highest BCUT2D eigenvalue weighted by atomic mass is 16.2. The van der Waals surface area contributed by atoms with Gasteiger partial charge in [-0.2, -0.15) is 5.10 Å². The average molecular weight is 319 g/mol. The Labute approximate surface area is 138 Å². The summed E-state index contributed by atoms with van der Waals surface area (Å²) < 4.78 is 1.95. The molecule has 2 fully saturated rings. The van der Waals surface area contributed by atoms with Crippen molar-refractivity contribution in [2.24, 2.45) is 0 Å². The number of nitrogens with one attached hydrogen (secondary N) is 2. The zero-order valence-corrected chi connectivity index (χ0v) is 14.3. The van der Waals surface area contributed by atoms with Gasteiger partial charge in [-0.15, -0.1) is 0 Å². The molecule has 0 aromatic carbocycles. The number of carbonyl (C=O) groups is 1. The van der Waals surface area contributed by atoms with Crippen LogP contribution in [0, 0.1) is 0 Å². The topological polar surface area (TPSA) is 62.2 Å². The first kappa shape index (κ1) is 16.5. The third-order valence-electron chi connectivity index (χ3n) is 5.20. The van der Waals surface area contributed by atoms with E-state index in [0.717, 1.165) is 32.4 Å². The second-order valence-corrected chi connectivity index (χ2v) is 7.14. The predicted molar refractivity (Wildman–Crippen MR) is 90.6 cm³/mol. The Kier molecular flexibility index (Phi) is 5.33. The van der Waals surface area contributed by atoms with Crippen LogP contribution < -0.4 is 10.6 Å². The molecule has 0 radical (unpaired) electrons. The molecule has 1 aliphatic carbocycles. The summed E-state index contributed by atoms with van der Waals surface area (Å²) >= 11 is 0. The number of carbonyl (C=O) groups excluding carboxylic acids is 1. The molecule has 0 bridgehead atoms. The van der Waals surface area contributed by atoms with E-state index in [4.69, 9.17) is 0 Å². The zero-order valence-electron chi connectivity index (χ0n) is 14.3. The number of rotatable bonds is 4. The van der Waals surface area contributed by atoms with E-state index in [0.29, 0.717) is 17.8 Å². The summed E-state index contributed by atoms with van der Waals surface area (Å²) in [7, 11) is 4.24. The second kappa shape index (κ2) is 7.45. The molecule has 3 rings (SSSR count). The van der Waals surface area contributed by atoms with Crippen molar-refractivity contribution in [2.75, 3.05) is 27.2 Å². The van der Waals surface area contributed by atoms with E-state index >= 15 is 0 Å². The maximum absolute atomic E-state index is 12.5. The molecule has 3 atom stereocenters. The molecule has 3 unspecified atom stereocenters. The van der Waals surface area contributed by atoms with E-state index in [1.54, 1.807) is 0 Å². The molecular formula is C17H29N5O. The minimum Gasteiger partial charge on any atom is -0.348 e. The third kappa shape index (κ3) is 4.12. The van der Waals surface area contributed by atoms with Crippen molar-refractivity contribution in [2.45, 2.75) is 56.7 Å². The average Bonchev–Trinajstić information content (AvgIpc) is 3.06. The van der Waals surface area contributed by atoms with Crippen LogP contribution in [0.2, 0.25) is 0 Å². The van der Waals surface area contributed by atoms with Crippen LogP contribution in [0.15, 0.2) is 12.3 Å². The van der Waals surface area contributed by atoms with E-state index in [1.165, 1.54) is 19.3 Å². The van der Waals surface area contributed by atoms with Gasteiger partial charge in [-0.3, -0.25) is 9.48 Å². The Morgan fingerprint density at radius 1 is 1.35 bits per heavy atom. The first-order valence-electron chi connectivity index (χ1n) is 8.86. The van der Waals surface area contributed by atoms with Crippen LogP contribution in [0.5, 0.6) is 0 Å². The fourth-order valence-corrected chi connectivity index (χ4v) is 3.75. The highest BCUT2D eigenvalue weighted by Crippen LogP contribution is 2.22. The Balaban J connectivity index is 1.57. The molecule has 6 heteroatoms. The number of nitrogens with zero attached hydrogens (tertiary/aromatic N) is 3. The van der Waals surface area contributed by atoms with Crippen LogP contribution in [-0.2, 0) is 0 Å². The van der Waals surface area contributed by atoms with Gasteiger partial charge in [0.15, 0.2) is 0 Å². The van der Waals surface area contributed by atoms with E-state index in [-0.39, 0.29) is 11.9 Å². The number of piperidine rings is 1. The van der Waals surface area contributed by atoms with Gasteiger partial charge in [0.25, 0.3) is 5.91 Å². The van der Waals surface area contributed by atoms with E-state index in [1.807, 2.05) is 16.9 Å². The lowest BCUT2D eigenvalue weighted by Crippen LogP contribution is -2.43. The molecule has 23 heavy (non-hydrogen) atoms. The summed E-state index contributed by atoms with van der Waals surface area (Å²) in [5, 5.41) is 11.1. The summed E-state index contributed by atoms with van der Waals surface area (Å²) in [6, 6.07) is 3.05. The van der Waals surface area contributed by atoms with E-state index in [2.05, 4.69) is 34.7 Å². The number of hydrogen-bond acceptors (Lipinski definition) is 4. The standard InChI is InChI=1S/C17H29N5O/c1-21(2)14-6-3-5-13(11-14)19-17(23)16-8-10-22(20-16)15-7-4-9-18-12-15/h8,10,13-15,18H,3-7,9,11-12H2,1-2H3,(H,19,23). The Morgan fingerprint density at radius 2 is 2.22 bits per heavy atom. The van der Waals surface area contributed by atoms with Crippen LogP contribution in [0.1, 0.15) is 55.1 Å². The molecular weight excluding hydrogens is 290 g/mol. The van der Waals surface area contributed by atoms with Crippen LogP contribution in [0.4, 0.5) is 0 Å². The molecule has 2 N–H and O–H groups in total. The van der Waals surface area contributed by atoms with Gasteiger partial charge in [0.05, 0.1) is 6.04 Å². The first-order valence-corrected chi connectivity index (χ1v) is 8.86. The molecule has 1 saturated carbocycles. The molecule has 1 aliphatic heterocycles. The lowest BCUT2D eigenvalue weighted by molar-refractivity contribution is 0.0904. The van der Waals surface area contributed by atoms with Crippen molar-refractivity contribution < 1.29 is 4.79 Å². The molecule has 1 aromatic rings. The molecule has 6 nitrogen and oxygen atoms in total. The Hall–Kier alpha value is -1.40. The van der Waals surface area contributed by atoms with Gasteiger partial charge in [0, 0.05) is 24.8 Å². The lowest BCUT2D eigenvalue weighted by atomic mass is 9.90. The Bertz CT molecular complexity index is 521. The summed E-state index contributed by atoms with van der Waals surface area (Å²) in [6.45, 7) is 2.02. The summed E-state index contributed by atoms with van der Waals surface area (Å²) in [5.74, 6) is -0.0306. The number of hydrogen-bond donors (Lipinski definition) is 2. The quantitative estimate of drug-likeness (QED) is 0.881. The maximum Gasteiger partial charge on any atom is 0.271 e. The summed E-state index contributed by atoms with van der Waals surface area (Å²) in [6.07, 6.45) is 8.74. The van der Waals surface area contributed by atoms with Gasteiger partial charge >= 0.3 is 0 Å². The highest BCUT2D eigenvalue weighted by Gasteiger charge is 2.25. The second-order valence-electron chi connectivity index (χ2n) is 7.14. The van der Waals surface area contributed by atoms with E-state index < -0.39 is 0 Å². The van der Waals surface area contributed by atoms with Crippen molar-refractivity contribution in [3.63, 3.8) is 0 Å². The fraction of sp³-hybridized carbons (Fsp3) is 0.765. The van der Waals surface area contributed by atoms with Gasteiger partial charge in [-0.25, -0.2) is 0 Å². The van der Waals surface area contributed by atoms with Gasteiger partial charge < -0.3 is 15.5 Å². The smallest absolute Gasteiger partial charge is 0.271 e. The van der Waals surface area contributed by atoms with Gasteiger partial charge in [-0.1, -0.05) is 0 Å². The zero-order chi connectivity index (χ0) is 16.2. The number of amides is 1. The van der Waals surface area contributed by atoms with Crippen LogP contribution in [0.3, 0.4) is 0 Å². The molecule has 0 spiro atoms. The Morgan fingerprint density at radius 3 is 2.96 bits per heavy atom. The largest absolute Gasteiger partial charge is 0.348 e. The van der Waals surface area contributed by atoms with Crippen LogP contribution >= 0.6 is 0 Å². The van der Waals surface area contributed by atoms with Crippen molar-refractivity contribution >= 4 is 5.91 Å². The molecule has 1 aromatic heterocycles. The lowest BCUT2D eigenvalue weighted by Gasteiger charge is -2.33. The monoisotopic (exact) mass is 319 g/mol. The van der Waals surface area contributed by atoms with E-state index in [9.17, 15) is 4.79 Å². The van der Waals surface area contributed by atoms with Gasteiger partial charge in [-0.05, 0) is 65.2 Å². The van der Waals surface area contributed by atoms with Crippen molar-refractivity contribution in [3.05, 3.63) is 18.0 Å². The summed E-state index contributed by atoms with van der Waals surface area (Å²) in [4.78, 5) is 14.7. The minimum absolute atomic E-state index is 0.0306. The SMILES string of the molecule is CN(C)C1CCCC(NC(=O)c2ccn(C3CCCNC3)n2)C1. The molecule has 1 amide bonds. The summed E-state index contributed by atoms with van der Waals surface area (Å²) in [5.41, 5.74) is 0.544. The van der Waals surface area contributed by atoms with Gasteiger partial charge in [0.1, 0.15) is 5.69 Å². The van der Waals surface area contributed by atoms with Crippen molar-refractivity contribution in [1.29, 1.82) is 0 Å². The number of aromatic nitrogens is 2. The predicted octanol–water partition coefficient (Wildman–Crippen LogP) is 1.41. The normalized spacial score (nSPS) is 28.7. The fourth-order valence-electron chi connectivity index (χ4n) is 3.75. The van der Waals surface area contributed by atoms with Gasteiger partial charge in [0.2, 0.25) is 0 Å². The van der Waals surface area contributed by atoms with Crippen LogP contribution in [0.25, 0.3) is 0 Å². The molecule has 1 saturated heterocycles. The van der Waals surface area contributed by atoms with Crippen molar-refractivity contribution in [3.8, 4) is 0 Å². The molecule has 2 aliphatic rings. The third-order valence-corrected chi connectivity index (χ3v) is 5.20. The highest BCUT2D eigenvalue weighted by molar-refractivity contribution is 5.92.